The molecule has 1 aliphatic rings. The number of hydrogen-bond acceptors (Lipinski definition) is 3. The van der Waals surface area contributed by atoms with Crippen molar-refractivity contribution in [1.82, 2.24) is 15.2 Å². The van der Waals surface area contributed by atoms with Gasteiger partial charge in [-0.05, 0) is 31.2 Å². The van der Waals surface area contributed by atoms with Crippen LogP contribution in [0.3, 0.4) is 0 Å². The molecule has 1 atom stereocenters. The monoisotopic (exact) mass is 208 g/mol. The lowest BCUT2D eigenvalue weighted by atomic mass is 9.79. The number of hydrogen-bond donors (Lipinski definition) is 2. The van der Waals surface area contributed by atoms with Gasteiger partial charge < -0.3 is 0 Å². The van der Waals surface area contributed by atoms with Crippen LogP contribution in [0, 0.1) is 5.92 Å². The van der Waals surface area contributed by atoms with Crippen LogP contribution in [0.25, 0.3) is 0 Å². The lowest BCUT2D eigenvalue weighted by molar-refractivity contribution is 0.223. The van der Waals surface area contributed by atoms with Crippen LogP contribution in [0.2, 0.25) is 0 Å². The lowest BCUT2D eigenvalue weighted by Gasteiger charge is -2.33. The van der Waals surface area contributed by atoms with Gasteiger partial charge in [0.2, 0.25) is 0 Å². The van der Waals surface area contributed by atoms with Gasteiger partial charge in [0, 0.05) is 12.7 Å². The van der Waals surface area contributed by atoms with E-state index in [0.29, 0.717) is 5.92 Å². The van der Waals surface area contributed by atoms with Crippen molar-refractivity contribution in [3.8, 4) is 0 Å². The maximum Gasteiger partial charge on any atom is 0.0657 e. The van der Waals surface area contributed by atoms with Crippen molar-refractivity contribution in [3.05, 3.63) is 18.0 Å². The average Bonchev–Trinajstić information content (AvgIpc) is 2.60. The largest absolute Gasteiger partial charge is 0.271 e. The van der Waals surface area contributed by atoms with E-state index >= 15 is 0 Å². The second kappa shape index (κ2) is 4.77. The number of nitrogens with zero attached hydrogens (tertiary/aromatic N) is 2. The minimum atomic E-state index is 0.285. The molecule has 1 aromatic rings. The van der Waals surface area contributed by atoms with Gasteiger partial charge in [-0.15, -0.1) is 0 Å². The lowest BCUT2D eigenvalue weighted by Crippen LogP contribution is -2.37. The average molecular weight is 208 g/mol. The van der Waals surface area contributed by atoms with E-state index in [-0.39, 0.29) is 6.04 Å². The summed E-state index contributed by atoms with van der Waals surface area (Å²) in [7, 11) is 0. The third-order valence-electron chi connectivity index (χ3n) is 3.30. The Hall–Kier alpha value is -0.870. The SMILES string of the molecule is CCCn1nccc1C(NN)C1CCC1. The van der Waals surface area contributed by atoms with E-state index in [1.165, 1.54) is 25.0 Å². The van der Waals surface area contributed by atoms with Crippen LogP contribution in [0.15, 0.2) is 12.3 Å². The summed E-state index contributed by atoms with van der Waals surface area (Å²) in [5.41, 5.74) is 4.18. The second-order valence-corrected chi connectivity index (χ2v) is 4.31. The Kier molecular flexibility index (Phi) is 3.38. The summed E-state index contributed by atoms with van der Waals surface area (Å²) in [5.74, 6) is 6.34. The zero-order chi connectivity index (χ0) is 10.7. The van der Waals surface area contributed by atoms with E-state index in [1.807, 2.05) is 6.20 Å². The van der Waals surface area contributed by atoms with Crippen molar-refractivity contribution in [3.63, 3.8) is 0 Å². The molecule has 0 saturated heterocycles. The number of nitrogens with one attached hydrogen (secondary N) is 1. The van der Waals surface area contributed by atoms with E-state index in [1.54, 1.807) is 0 Å². The fraction of sp³-hybridized carbons (Fsp3) is 0.727. The van der Waals surface area contributed by atoms with Gasteiger partial charge in [0.05, 0.1) is 11.7 Å². The smallest absolute Gasteiger partial charge is 0.0657 e. The number of aryl methyl sites for hydroxylation is 1. The van der Waals surface area contributed by atoms with Gasteiger partial charge in [0.15, 0.2) is 0 Å². The van der Waals surface area contributed by atoms with Gasteiger partial charge in [0.25, 0.3) is 0 Å². The highest BCUT2D eigenvalue weighted by Crippen LogP contribution is 2.37. The van der Waals surface area contributed by atoms with Gasteiger partial charge in [-0.3, -0.25) is 16.0 Å². The summed E-state index contributed by atoms with van der Waals surface area (Å²) >= 11 is 0. The molecule has 84 valence electrons. The zero-order valence-electron chi connectivity index (χ0n) is 9.32. The molecule has 1 aromatic heterocycles. The summed E-state index contributed by atoms with van der Waals surface area (Å²) in [6.45, 7) is 3.15. The number of nitrogens with two attached hydrogens (primary N) is 1. The Bertz CT molecular complexity index is 303. The van der Waals surface area contributed by atoms with Crippen LogP contribution in [0.5, 0.6) is 0 Å². The molecule has 0 radical (unpaired) electrons. The summed E-state index contributed by atoms with van der Waals surface area (Å²) in [5, 5.41) is 4.34. The number of hydrazine groups is 1. The molecule has 1 saturated carbocycles. The van der Waals surface area contributed by atoms with E-state index < -0.39 is 0 Å². The molecule has 15 heavy (non-hydrogen) atoms. The molecule has 1 fully saturated rings. The van der Waals surface area contributed by atoms with Gasteiger partial charge in [-0.2, -0.15) is 5.10 Å². The molecule has 1 aliphatic carbocycles. The predicted molar refractivity (Wildman–Crippen MR) is 59.9 cm³/mol. The zero-order valence-corrected chi connectivity index (χ0v) is 9.32. The Morgan fingerprint density at radius 3 is 3.00 bits per heavy atom. The molecular weight excluding hydrogens is 188 g/mol. The Morgan fingerprint density at radius 2 is 2.47 bits per heavy atom. The minimum absolute atomic E-state index is 0.285. The number of rotatable bonds is 5. The summed E-state index contributed by atoms with van der Waals surface area (Å²) in [6, 6.07) is 2.37. The summed E-state index contributed by atoms with van der Waals surface area (Å²) < 4.78 is 2.07. The first-order chi connectivity index (χ1) is 7.36. The molecule has 0 amide bonds. The first kappa shape index (κ1) is 10.6. The van der Waals surface area contributed by atoms with E-state index in [9.17, 15) is 0 Å². The molecule has 0 aliphatic heterocycles. The van der Waals surface area contributed by atoms with Crippen molar-refractivity contribution in [2.45, 2.75) is 45.2 Å². The van der Waals surface area contributed by atoms with Crippen molar-refractivity contribution >= 4 is 0 Å². The van der Waals surface area contributed by atoms with Crippen molar-refractivity contribution in [1.29, 1.82) is 0 Å². The van der Waals surface area contributed by atoms with Crippen molar-refractivity contribution < 1.29 is 0 Å². The third kappa shape index (κ3) is 2.06. The molecule has 4 heteroatoms. The molecule has 1 heterocycles. The quantitative estimate of drug-likeness (QED) is 0.571. The van der Waals surface area contributed by atoms with E-state index in [2.05, 4.69) is 28.2 Å². The molecule has 2 rings (SSSR count). The number of aromatic nitrogens is 2. The first-order valence-electron chi connectivity index (χ1n) is 5.84. The van der Waals surface area contributed by atoms with Crippen molar-refractivity contribution in [2.75, 3.05) is 0 Å². The van der Waals surface area contributed by atoms with Crippen LogP contribution < -0.4 is 11.3 Å². The molecule has 1 unspecified atom stereocenters. The van der Waals surface area contributed by atoms with Crippen molar-refractivity contribution in [2.24, 2.45) is 11.8 Å². The fourth-order valence-corrected chi connectivity index (χ4v) is 2.24. The molecule has 0 aromatic carbocycles. The predicted octanol–water partition coefficient (Wildman–Crippen LogP) is 1.60. The maximum atomic E-state index is 5.65. The molecular formula is C11H20N4. The summed E-state index contributed by atoms with van der Waals surface area (Å²) in [6.07, 6.45) is 6.88. The first-order valence-corrected chi connectivity index (χ1v) is 5.84. The van der Waals surface area contributed by atoms with Gasteiger partial charge in [0.1, 0.15) is 0 Å². The molecule has 0 spiro atoms. The Balaban J connectivity index is 2.13. The van der Waals surface area contributed by atoms with Crippen LogP contribution in [-0.2, 0) is 6.54 Å². The Morgan fingerprint density at radius 1 is 1.67 bits per heavy atom. The van der Waals surface area contributed by atoms with Crippen LogP contribution >= 0.6 is 0 Å². The molecule has 0 bridgehead atoms. The van der Waals surface area contributed by atoms with Crippen LogP contribution in [0.4, 0.5) is 0 Å². The standard InChI is InChI=1S/C11H20N4/c1-2-8-15-10(6-7-13-15)11(14-12)9-4-3-5-9/h6-7,9,11,14H,2-5,8,12H2,1H3. The minimum Gasteiger partial charge on any atom is -0.271 e. The second-order valence-electron chi connectivity index (χ2n) is 4.31. The highest BCUT2D eigenvalue weighted by molar-refractivity contribution is 5.09. The van der Waals surface area contributed by atoms with E-state index in [4.69, 9.17) is 5.84 Å². The van der Waals surface area contributed by atoms with Gasteiger partial charge >= 0.3 is 0 Å². The highest BCUT2D eigenvalue weighted by atomic mass is 15.3. The van der Waals surface area contributed by atoms with Crippen LogP contribution in [0.1, 0.15) is 44.3 Å². The van der Waals surface area contributed by atoms with Gasteiger partial charge in [-0.25, -0.2) is 0 Å². The summed E-state index contributed by atoms with van der Waals surface area (Å²) in [4.78, 5) is 0. The van der Waals surface area contributed by atoms with Crippen LogP contribution in [-0.4, -0.2) is 9.78 Å². The highest BCUT2D eigenvalue weighted by Gasteiger charge is 2.29. The maximum absolute atomic E-state index is 5.65. The topological polar surface area (TPSA) is 55.9 Å². The third-order valence-corrected chi connectivity index (χ3v) is 3.30. The fourth-order valence-electron chi connectivity index (χ4n) is 2.24. The Labute approximate surface area is 90.8 Å². The molecule has 3 N–H and O–H groups in total. The van der Waals surface area contributed by atoms with E-state index in [0.717, 1.165) is 13.0 Å². The normalized spacial score (nSPS) is 18.8. The van der Waals surface area contributed by atoms with Gasteiger partial charge in [-0.1, -0.05) is 13.3 Å². The molecule has 4 nitrogen and oxygen atoms in total.